The molecule has 39 heavy (non-hydrogen) atoms. The molecule has 1 aromatic heterocycles. The minimum Gasteiger partial charge on any atom is -0.489 e. The number of aromatic nitrogens is 2. The first-order chi connectivity index (χ1) is 18.7. The lowest BCUT2D eigenvalue weighted by atomic mass is 9.82. The van der Waals surface area contributed by atoms with E-state index in [4.69, 9.17) is 9.16 Å². The average Bonchev–Trinajstić information content (AvgIpc) is 3.54. The molecule has 0 saturated heterocycles. The van der Waals surface area contributed by atoms with E-state index in [0.29, 0.717) is 6.61 Å². The van der Waals surface area contributed by atoms with Crippen LogP contribution in [-0.2, 0) is 16.4 Å². The summed E-state index contributed by atoms with van der Waals surface area (Å²) in [5.74, 6) is 0.747. The molecule has 4 aromatic rings. The highest BCUT2D eigenvalue weighted by molar-refractivity contribution is 6.80. The fourth-order valence-electron chi connectivity index (χ4n) is 5.77. The lowest BCUT2D eigenvalue weighted by Gasteiger charge is -2.36. The van der Waals surface area contributed by atoms with Crippen molar-refractivity contribution < 1.29 is 13.6 Å². The monoisotopic (exact) mass is 542 g/mol. The van der Waals surface area contributed by atoms with Gasteiger partial charge < -0.3 is 9.16 Å². The Hall–Kier alpha value is -3.22. The summed E-state index contributed by atoms with van der Waals surface area (Å²) in [5, 5.41) is 7.07. The second-order valence-corrected chi connectivity index (χ2v) is 14.2. The predicted octanol–water partition coefficient (Wildman–Crippen LogP) is 5.66. The zero-order valence-corrected chi connectivity index (χ0v) is 24.8. The molecule has 1 aliphatic rings. The molecule has 1 fully saturated rings. The highest BCUT2D eigenvalue weighted by Crippen LogP contribution is 2.59. The van der Waals surface area contributed by atoms with Gasteiger partial charge in [-0.3, -0.25) is 4.68 Å². The molecule has 0 spiro atoms. The number of aryl methyl sites for hydroxylation is 2. The summed E-state index contributed by atoms with van der Waals surface area (Å²) in [5.41, 5.74) is 1.38. The number of halogens is 1. The van der Waals surface area contributed by atoms with Gasteiger partial charge in [0.15, 0.2) is 5.75 Å². The molecule has 1 aliphatic carbocycles. The standard InChI is InChI=1S/C33H39FN2O2Si/c1-6-36-22-30(24(2)35-36)37-23-33(25-14-13-15-26(34)20-25)21-29(33)31(32(3,4)5)38-39(27-16-9-7-10-17-27)28-18-11-8-12-19-28/h7-20,22,29,31,39H,6,21,23H2,1-5H3/t29-,31?,33+/m0/s1. The Bertz CT molecular complexity index is 1350. The lowest BCUT2D eigenvalue weighted by Crippen LogP contribution is -2.51. The first-order valence-electron chi connectivity index (χ1n) is 13.9. The third-order valence-electron chi connectivity index (χ3n) is 7.95. The summed E-state index contributed by atoms with van der Waals surface area (Å²) in [6.07, 6.45) is 2.79. The van der Waals surface area contributed by atoms with E-state index in [2.05, 4.69) is 93.5 Å². The van der Waals surface area contributed by atoms with Crippen molar-refractivity contribution in [2.75, 3.05) is 6.61 Å². The molecule has 4 nitrogen and oxygen atoms in total. The van der Waals surface area contributed by atoms with Crippen LogP contribution in [0.3, 0.4) is 0 Å². The summed E-state index contributed by atoms with van der Waals surface area (Å²) in [4.78, 5) is 0. The van der Waals surface area contributed by atoms with Gasteiger partial charge in [-0.2, -0.15) is 5.10 Å². The molecule has 6 heteroatoms. The van der Waals surface area contributed by atoms with E-state index in [-0.39, 0.29) is 28.7 Å². The van der Waals surface area contributed by atoms with Gasteiger partial charge in [0.1, 0.15) is 11.5 Å². The maximum absolute atomic E-state index is 14.5. The number of hydrogen-bond donors (Lipinski definition) is 0. The van der Waals surface area contributed by atoms with Gasteiger partial charge in [0, 0.05) is 12.0 Å². The van der Waals surface area contributed by atoms with E-state index in [0.717, 1.165) is 30.0 Å². The smallest absolute Gasteiger partial charge is 0.240 e. The van der Waals surface area contributed by atoms with E-state index in [1.54, 1.807) is 12.1 Å². The third-order valence-corrected chi connectivity index (χ3v) is 10.5. The van der Waals surface area contributed by atoms with Crippen molar-refractivity contribution in [3.63, 3.8) is 0 Å². The summed E-state index contributed by atoms with van der Waals surface area (Å²) < 4.78 is 30.2. The van der Waals surface area contributed by atoms with Gasteiger partial charge in [-0.25, -0.2) is 4.39 Å². The Kier molecular flexibility index (Phi) is 7.79. The van der Waals surface area contributed by atoms with Crippen molar-refractivity contribution in [3.8, 4) is 5.75 Å². The van der Waals surface area contributed by atoms with Gasteiger partial charge in [-0.1, -0.05) is 93.6 Å². The van der Waals surface area contributed by atoms with E-state index in [9.17, 15) is 4.39 Å². The van der Waals surface area contributed by atoms with E-state index < -0.39 is 9.04 Å². The molecule has 0 bridgehead atoms. The van der Waals surface area contributed by atoms with Crippen molar-refractivity contribution in [1.29, 1.82) is 0 Å². The van der Waals surface area contributed by atoms with Crippen LogP contribution in [0.2, 0.25) is 0 Å². The first kappa shape index (κ1) is 27.3. The summed E-state index contributed by atoms with van der Waals surface area (Å²) in [6.45, 7) is 12.0. The largest absolute Gasteiger partial charge is 0.489 e. The van der Waals surface area contributed by atoms with Crippen molar-refractivity contribution >= 4 is 19.4 Å². The molecular weight excluding hydrogens is 503 g/mol. The quantitative estimate of drug-likeness (QED) is 0.243. The zero-order chi connectivity index (χ0) is 27.6. The maximum atomic E-state index is 14.5. The normalized spacial score (nSPS) is 19.7. The minimum atomic E-state index is -2.00. The molecule has 1 unspecified atom stereocenters. The van der Waals surface area contributed by atoms with Gasteiger partial charge >= 0.3 is 0 Å². The van der Waals surface area contributed by atoms with E-state index >= 15 is 0 Å². The highest BCUT2D eigenvalue weighted by atomic mass is 28.3. The lowest BCUT2D eigenvalue weighted by molar-refractivity contribution is 0.0576. The molecule has 204 valence electrons. The van der Waals surface area contributed by atoms with Crippen molar-refractivity contribution in [2.24, 2.45) is 11.3 Å². The molecule has 1 heterocycles. The fourth-order valence-corrected chi connectivity index (χ4v) is 8.51. The molecule has 1 saturated carbocycles. The number of ether oxygens (including phenoxy) is 1. The van der Waals surface area contributed by atoms with Gasteiger partial charge in [-0.05, 0) is 59.7 Å². The van der Waals surface area contributed by atoms with Gasteiger partial charge in [0.25, 0.3) is 0 Å². The van der Waals surface area contributed by atoms with Gasteiger partial charge in [-0.15, -0.1) is 0 Å². The first-order valence-corrected chi connectivity index (χ1v) is 15.5. The topological polar surface area (TPSA) is 36.3 Å². The van der Waals surface area contributed by atoms with Crippen LogP contribution in [0, 0.1) is 24.1 Å². The number of benzene rings is 3. The predicted molar refractivity (Wildman–Crippen MR) is 158 cm³/mol. The van der Waals surface area contributed by atoms with Gasteiger partial charge in [0.05, 0.1) is 18.9 Å². The Balaban J connectivity index is 1.50. The van der Waals surface area contributed by atoms with E-state index in [1.165, 1.54) is 16.4 Å². The van der Waals surface area contributed by atoms with Crippen LogP contribution in [0.5, 0.6) is 5.75 Å². The van der Waals surface area contributed by atoms with Crippen molar-refractivity contribution in [3.05, 3.63) is 108 Å². The molecule has 0 N–H and O–H groups in total. The van der Waals surface area contributed by atoms with Crippen molar-refractivity contribution in [1.82, 2.24) is 9.78 Å². The molecule has 0 amide bonds. The molecular formula is C33H39FN2O2Si. The van der Waals surface area contributed by atoms with Crippen molar-refractivity contribution in [2.45, 2.75) is 59.1 Å². The van der Waals surface area contributed by atoms with E-state index in [1.807, 2.05) is 23.9 Å². The Labute approximate surface area is 233 Å². The molecule has 0 aliphatic heterocycles. The Morgan fingerprint density at radius 1 is 1.00 bits per heavy atom. The van der Waals surface area contributed by atoms with Crippen LogP contribution in [0.25, 0.3) is 0 Å². The number of hydrogen-bond acceptors (Lipinski definition) is 3. The summed E-state index contributed by atoms with van der Waals surface area (Å²) >= 11 is 0. The second kappa shape index (κ2) is 11.1. The Morgan fingerprint density at radius 2 is 1.64 bits per heavy atom. The highest BCUT2D eigenvalue weighted by Gasteiger charge is 2.62. The molecule has 5 rings (SSSR count). The molecule has 3 atom stereocenters. The van der Waals surface area contributed by atoms with Crippen LogP contribution < -0.4 is 15.1 Å². The summed E-state index contributed by atoms with van der Waals surface area (Å²) in [7, 11) is -2.00. The van der Waals surface area contributed by atoms with Crippen LogP contribution in [0.15, 0.2) is 91.1 Å². The van der Waals surface area contributed by atoms with Gasteiger partial charge in [0.2, 0.25) is 9.04 Å². The van der Waals surface area contributed by atoms with Crippen LogP contribution in [-0.4, -0.2) is 31.5 Å². The average molecular weight is 543 g/mol. The van der Waals surface area contributed by atoms with Crippen LogP contribution in [0.4, 0.5) is 4.39 Å². The second-order valence-electron chi connectivity index (χ2n) is 11.8. The van der Waals surface area contributed by atoms with Crippen LogP contribution >= 0.6 is 0 Å². The van der Waals surface area contributed by atoms with Crippen LogP contribution in [0.1, 0.15) is 45.4 Å². The molecule has 3 aromatic carbocycles. The number of rotatable bonds is 10. The minimum absolute atomic E-state index is 0.0408. The zero-order valence-electron chi connectivity index (χ0n) is 23.6. The fraction of sp³-hybridized carbons (Fsp3) is 0.364. The summed E-state index contributed by atoms with van der Waals surface area (Å²) in [6, 6.07) is 28.3. The number of nitrogens with zero attached hydrogens (tertiary/aromatic N) is 2. The maximum Gasteiger partial charge on any atom is 0.240 e. The third kappa shape index (κ3) is 5.87. The Morgan fingerprint density at radius 3 is 2.18 bits per heavy atom. The SMILES string of the molecule is CCn1cc(OC[C@@]2(c3cccc(F)c3)C[C@H]2C(O[SiH](c2ccccc2)c2ccccc2)C(C)(C)C)c(C)n1. The molecule has 0 radical (unpaired) electrons.